The van der Waals surface area contributed by atoms with Gasteiger partial charge in [0.05, 0.1) is 28.5 Å². The summed E-state index contributed by atoms with van der Waals surface area (Å²) in [6.07, 6.45) is 0.0328. The molecule has 4 aromatic rings. The molecule has 134 valence electrons. The van der Waals surface area contributed by atoms with Gasteiger partial charge in [0.15, 0.2) is 0 Å². The number of aromatic amines is 1. The molecule has 0 bridgehead atoms. The lowest BCUT2D eigenvalue weighted by Gasteiger charge is -2.09. The van der Waals surface area contributed by atoms with Crippen LogP contribution in [0.1, 0.15) is 21.9 Å². The summed E-state index contributed by atoms with van der Waals surface area (Å²) in [6.45, 7) is 1.82. The highest BCUT2D eigenvalue weighted by atomic mass is 16.2. The topological polar surface area (TPSA) is 99.8 Å². The van der Waals surface area contributed by atoms with E-state index in [0.717, 1.165) is 27.6 Å². The normalized spacial score (nSPS) is 10.9. The number of imidazole rings is 1. The lowest BCUT2D eigenvalue weighted by molar-refractivity contribution is -0.121. The van der Waals surface area contributed by atoms with Crippen LogP contribution in [0.4, 0.5) is 0 Å². The second-order valence-electron chi connectivity index (χ2n) is 6.21. The molecular weight excluding hydrogens is 342 g/mol. The summed E-state index contributed by atoms with van der Waals surface area (Å²) < 4.78 is 0. The zero-order valence-corrected chi connectivity index (χ0v) is 14.6. The number of aromatic nitrogens is 3. The first-order valence-electron chi connectivity index (χ1n) is 8.49. The van der Waals surface area contributed by atoms with Crippen LogP contribution >= 0.6 is 0 Å². The van der Waals surface area contributed by atoms with Crippen LogP contribution in [0.3, 0.4) is 0 Å². The van der Waals surface area contributed by atoms with Crippen molar-refractivity contribution in [3.05, 3.63) is 71.7 Å². The number of carbonyl (C=O) groups excluding carboxylic acids is 2. The van der Waals surface area contributed by atoms with Gasteiger partial charge in [-0.1, -0.05) is 30.3 Å². The minimum Gasteiger partial charge on any atom is -0.342 e. The molecule has 0 aliphatic heterocycles. The molecule has 0 atom stereocenters. The van der Waals surface area contributed by atoms with Crippen LogP contribution < -0.4 is 10.9 Å². The molecule has 2 amide bonds. The Morgan fingerprint density at radius 2 is 1.70 bits per heavy atom. The number of pyridine rings is 1. The van der Waals surface area contributed by atoms with E-state index in [9.17, 15) is 9.59 Å². The van der Waals surface area contributed by atoms with Gasteiger partial charge in [-0.05, 0) is 31.2 Å². The molecule has 7 nitrogen and oxygen atoms in total. The number of nitrogens with zero attached hydrogens (tertiary/aromatic N) is 2. The Bertz CT molecular complexity index is 1130. The maximum absolute atomic E-state index is 12.5. The van der Waals surface area contributed by atoms with Crippen LogP contribution in [0.2, 0.25) is 0 Å². The third-order valence-corrected chi connectivity index (χ3v) is 4.17. The van der Waals surface area contributed by atoms with Crippen molar-refractivity contribution in [3.63, 3.8) is 0 Å². The van der Waals surface area contributed by atoms with Gasteiger partial charge in [0.25, 0.3) is 5.91 Å². The van der Waals surface area contributed by atoms with Crippen molar-refractivity contribution in [1.82, 2.24) is 25.8 Å². The van der Waals surface area contributed by atoms with Gasteiger partial charge in [-0.25, -0.2) is 4.98 Å². The molecule has 7 heteroatoms. The molecule has 0 spiro atoms. The van der Waals surface area contributed by atoms with Crippen LogP contribution in [-0.2, 0) is 11.2 Å². The number of carbonyl (C=O) groups is 2. The fourth-order valence-electron chi connectivity index (χ4n) is 2.98. The highest BCUT2D eigenvalue weighted by Crippen LogP contribution is 2.18. The molecule has 0 radical (unpaired) electrons. The van der Waals surface area contributed by atoms with Gasteiger partial charge in [0, 0.05) is 11.1 Å². The smallest absolute Gasteiger partial charge is 0.270 e. The summed E-state index contributed by atoms with van der Waals surface area (Å²) in [7, 11) is 0. The van der Waals surface area contributed by atoms with E-state index in [4.69, 9.17) is 0 Å². The first kappa shape index (κ1) is 16.7. The van der Waals surface area contributed by atoms with E-state index in [-0.39, 0.29) is 12.3 Å². The van der Waals surface area contributed by atoms with Crippen molar-refractivity contribution in [3.8, 4) is 0 Å². The van der Waals surface area contributed by atoms with E-state index in [1.165, 1.54) is 0 Å². The van der Waals surface area contributed by atoms with Crippen molar-refractivity contribution in [2.24, 2.45) is 0 Å². The van der Waals surface area contributed by atoms with Gasteiger partial charge >= 0.3 is 0 Å². The molecule has 0 saturated heterocycles. The van der Waals surface area contributed by atoms with Gasteiger partial charge in [-0.2, -0.15) is 0 Å². The number of H-pyrrole nitrogens is 1. The van der Waals surface area contributed by atoms with Crippen LogP contribution in [-0.4, -0.2) is 26.8 Å². The summed E-state index contributed by atoms with van der Waals surface area (Å²) in [4.78, 5) is 36.5. The van der Waals surface area contributed by atoms with E-state index in [1.807, 2.05) is 55.5 Å². The minimum absolute atomic E-state index is 0.0328. The van der Waals surface area contributed by atoms with E-state index in [2.05, 4.69) is 25.8 Å². The molecule has 27 heavy (non-hydrogen) atoms. The monoisotopic (exact) mass is 359 g/mol. The molecule has 2 heterocycles. The second-order valence-corrected chi connectivity index (χ2v) is 6.21. The fraction of sp³-hybridized carbons (Fsp3) is 0.100. The Balaban J connectivity index is 1.45. The summed E-state index contributed by atoms with van der Waals surface area (Å²) in [5.74, 6) is -0.222. The number of para-hydroxylation sites is 3. The molecule has 3 N–H and O–H groups in total. The third kappa shape index (κ3) is 3.48. The van der Waals surface area contributed by atoms with Gasteiger partial charge in [0.2, 0.25) is 5.91 Å². The van der Waals surface area contributed by atoms with Gasteiger partial charge < -0.3 is 4.98 Å². The molecular formula is C20H17N5O2. The number of hydrogen-bond acceptors (Lipinski definition) is 4. The summed E-state index contributed by atoms with van der Waals surface area (Å²) in [5.41, 5.74) is 8.48. The quantitative estimate of drug-likeness (QED) is 0.489. The van der Waals surface area contributed by atoms with E-state index < -0.39 is 5.91 Å². The Morgan fingerprint density at radius 3 is 2.52 bits per heavy atom. The predicted octanol–water partition coefficient (Wildman–Crippen LogP) is 2.42. The maximum Gasteiger partial charge on any atom is 0.270 e. The number of rotatable bonds is 3. The number of aryl methyl sites for hydroxylation is 1. The average Bonchev–Trinajstić information content (AvgIpc) is 3.07. The van der Waals surface area contributed by atoms with Gasteiger partial charge in [-0.15, -0.1) is 0 Å². The third-order valence-electron chi connectivity index (χ3n) is 4.17. The van der Waals surface area contributed by atoms with E-state index >= 15 is 0 Å². The maximum atomic E-state index is 12.5. The zero-order valence-electron chi connectivity index (χ0n) is 14.6. The highest BCUT2D eigenvalue weighted by molar-refractivity contribution is 6.06. The van der Waals surface area contributed by atoms with Crippen LogP contribution in [0.25, 0.3) is 21.9 Å². The summed E-state index contributed by atoms with van der Waals surface area (Å²) >= 11 is 0. The zero-order chi connectivity index (χ0) is 18.8. The SMILES string of the molecule is Cc1cc(C(=O)NNC(=O)Cc2nc3ccccc3[nH]2)c2ccccc2n1. The average molecular weight is 359 g/mol. The van der Waals surface area contributed by atoms with Crippen molar-refractivity contribution >= 4 is 33.8 Å². The molecule has 2 aromatic heterocycles. The standard InChI is InChI=1S/C20H17N5O2/c1-12-10-14(13-6-2-3-7-15(13)21-12)20(27)25-24-19(26)11-18-22-16-8-4-5-9-17(16)23-18/h2-10H,11H2,1H3,(H,22,23)(H,24,26)(H,25,27). The Morgan fingerprint density at radius 1 is 0.963 bits per heavy atom. The van der Waals surface area contributed by atoms with Crippen molar-refractivity contribution in [1.29, 1.82) is 0 Å². The van der Waals surface area contributed by atoms with Crippen LogP contribution in [0.15, 0.2) is 54.6 Å². The van der Waals surface area contributed by atoms with Crippen molar-refractivity contribution in [2.75, 3.05) is 0 Å². The minimum atomic E-state index is -0.394. The van der Waals surface area contributed by atoms with Crippen molar-refractivity contribution in [2.45, 2.75) is 13.3 Å². The molecule has 0 aliphatic carbocycles. The molecule has 0 saturated carbocycles. The summed E-state index contributed by atoms with van der Waals surface area (Å²) in [6, 6.07) is 16.6. The molecule has 0 unspecified atom stereocenters. The van der Waals surface area contributed by atoms with Crippen LogP contribution in [0, 0.1) is 6.92 Å². The molecule has 0 fully saturated rings. The number of nitrogens with one attached hydrogen (secondary N) is 3. The van der Waals surface area contributed by atoms with Crippen LogP contribution in [0.5, 0.6) is 0 Å². The number of hydrogen-bond donors (Lipinski definition) is 3. The molecule has 4 rings (SSSR count). The largest absolute Gasteiger partial charge is 0.342 e. The highest BCUT2D eigenvalue weighted by Gasteiger charge is 2.13. The lowest BCUT2D eigenvalue weighted by atomic mass is 10.1. The summed E-state index contributed by atoms with van der Waals surface area (Å²) in [5, 5.41) is 0.729. The van der Waals surface area contributed by atoms with Gasteiger partial charge in [0.1, 0.15) is 5.82 Å². The Kier molecular flexibility index (Phi) is 4.25. The van der Waals surface area contributed by atoms with E-state index in [0.29, 0.717) is 11.4 Å². The predicted molar refractivity (Wildman–Crippen MR) is 102 cm³/mol. The first-order valence-corrected chi connectivity index (χ1v) is 8.49. The lowest BCUT2D eigenvalue weighted by Crippen LogP contribution is -2.42. The Hall–Kier alpha value is -3.74. The number of hydrazine groups is 1. The Labute approximate surface area is 154 Å². The van der Waals surface area contributed by atoms with Crippen molar-refractivity contribution < 1.29 is 9.59 Å². The molecule has 2 aromatic carbocycles. The second kappa shape index (κ2) is 6.87. The van der Waals surface area contributed by atoms with Gasteiger partial charge in [-0.3, -0.25) is 25.4 Å². The van der Waals surface area contributed by atoms with E-state index in [1.54, 1.807) is 6.07 Å². The fourth-order valence-corrected chi connectivity index (χ4v) is 2.98. The first-order chi connectivity index (χ1) is 13.1. The number of fused-ring (bicyclic) bond motifs is 2. The number of benzene rings is 2. The molecule has 0 aliphatic rings. The number of amides is 2.